The number of aliphatic carboxylic acids is 1. The molecule has 1 spiro atoms. The van der Waals surface area contributed by atoms with Gasteiger partial charge in [-0.25, -0.2) is 4.79 Å². The van der Waals surface area contributed by atoms with E-state index in [4.69, 9.17) is 14.8 Å². The van der Waals surface area contributed by atoms with Gasteiger partial charge < -0.3 is 14.7 Å². The van der Waals surface area contributed by atoms with Gasteiger partial charge in [-0.15, -0.1) is 0 Å². The molecule has 1 unspecified atom stereocenters. The zero-order chi connectivity index (χ0) is 29.1. The molecular weight excluding hydrogens is 504 g/mol. The molecule has 0 radical (unpaired) electrons. The number of carboxylic acid groups (broad SMARTS) is 1. The Kier molecular flexibility index (Phi) is 9.01. The van der Waals surface area contributed by atoms with Gasteiger partial charge in [-0.2, -0.15) is 0 Å². The number of rotatable bonds is 10. The number of carbonyl (C=O) groups excluding carboxylic acids is 2. The normalized spacial score (nSPS) is 24.7. The molecular formula is C33H44N2O5. The van der Waals surface area contributed by atoms with E-state index in [-0.39, 0.29) is 30.3 Å². The van der Waals surface area contributed by atoms with Gasteiger partial charge in [-0.05, 0) is 81.8 Å². The van der Waals surface area contributed by atoms with E-state index >= 15 is 0 Å². The molecule has 7 nitrogen and oxygen atoms in total. The molecule has 1 amide bonds. The molecule has 1 N–H and O–H groups in total. The van der Waals surface area contributed by atoms with E-state index in [2.05, 4.69) is 52.8 Å². The fourth-order valence-electron chi connectivity index (χ4n) is 6.41. The van der Waals surface area contributed by atoms with E-state index in [1.807, 2.05) is 17.1 Å². The molecule has 2 aliphatic carbocycles. The Labute approximate surface area is 238 Å². The first-order chi connectivity index (χ1) is 18.9. The Morgan fingerprint density at radius 2 is 1.82 bits per heavy atom. The van der Waals surface area contributed by atoms with Crippen LogP contribution in [-0.4, -0.2) is 52.4 Å². The lowest BCUT2D eigenvalue weighted by Crippen LogP contribution is -2.50. The van der Waals surface area contributed by atoms with Crippen LogP contribution in [0.3, 0.4) is 0 Å². The highest BCUT2D eigenvalue weighted by Crippen LogP contribution is 2.48. The second kappa shape index (κ2) is 12.1. The third kappa shape index (κ3) is 6.56. The fraction of sp³-hybridized carbons (Fsp3) is 0.576. The predicted octanol–water partition coefficient (Wildman–Crippen LogP) is 6.17. The standard InChI is InChI=1S/C33H44N2O5/c1-6-32(4,5)27-11-15-33(16-12-27)34-29(26-20-22(2)19-23(3)21-26)30(38)35(33)17-13-24-7-9-25(10-8-24)31(39)40-18-14-28(36)37/h7,9-10,19-21,24,27H,6,8,11-18H2,1-5H3,(H,36,37). The van der Waals surface area contributed by atoms with Crippen LogP contribution in [0.4, 0.5) is 0 Å². The van der Waals surface area contributed by atoms with E-state index in [1.165, 1.54) is 0 Å². The molecule has 1 aliphatic heterocycles. The molecule has 0 saturated heterocycles. The number of amides is 1. The molecule has 3 aliphatic rings. The van der Waals surface area contributed by atoms with Gasteiger partial charge in [0.05, 0.1) is 12.0 Å². The van der Waals surface area contributed by atoms with Crippen LogP contribution in [0.25, 0.3) is 0 Å². The summed E-state index contributed by atoms with van der Waals surface area (Å²) in [5.74, 6) is -0.650. The van der Waals surface area contributed by atoms with Crippen LogP contribution in [0.2, 0.25) is 0 Å². The Balaban J connectivity index is 1.47. The quantitative estimate of drug-likeness (QED) is 0.353. The van der Waals surface area contributed by atoms with Crippen LogP contribution >= 0.6 is 0 Å². The lowest BCUT2D eigenvalue weighted by Gasteiger charge is -2.45. The number of carboxylic acids is 1. The van der Waals surface area contributed by atoms with Gasteiger partial charge >= 0.3 is 11.9 Å². The molecule has 1 aromatic rings. The summed E-state index contributed by atoms with van der Waals surface area (Å²) in [6.45, 7) is 11.6. The van der Waals surface area contributed by atoms with Gasteiger partial charge in [0.25, 0.3) is 5.91 Å². The molecule has 1 atom stereocenters. The van der Waals surface area contributed by atoms with Crippen molar-refractivity contribution >= 4 is 23.6 Å². The average molecular weight is 549 g/mol. The van der Waals surface area contributed by atoms with Crippen molar-refractivity contribution in [3.8, 4) is 0 Å². The predicted molar refractivity (Wildman–Crippen MR) is 156 cm³/mol. The third-order valence-electron chi connectivity index (χ3n) is 9.26. The van der Waals surface area contributed by atoms with E-state index < -0.39 is 17.6 Å². The Hall–Kier alpha value is -3.22. The minimum atomic E-state index is -0.998. The maximum Gasteiger partial charge on any atom is 0.337 e. The number of aliphatic imine (C=N–C) groups is 1. The monoisotopic (exact) mass is 548 g/mol. The number of esters is 1. The molecule has 1 fully saturated rings. The van der Waals surface area contributed by atoms with E-state index in [1.54, 1.807) is 6.08 Å². The van der Waals surface area contributed by atoms with Crippen molar-refractivity contribution in [2.45, 2.75) is 91.6 Å². The summed E-state index contributed by atoms with van der Waals surface area (Å²) in [6.07, 6.45) is 11.9. The number of nitrogens with zero attached hydrogens (tertiary/aromatic N) is 2. The summed E-state index contributed by atoms with van der Waals surface area (Å²) < 4.78 is 5.06. The maximum atomic E-state index is 14.0. The highest BCUT2D eigenvalue weighted by atomic mass is 16.5. The lowest BCUT2D eigenvalue weighted by molar-refractivity contribution is -0.143. The lowest BCUT2D eigenvalue weighted by atomic mass is 9.67. The Morgan fingerprint density at radius 1 is 1.15 bits per heavy atom. The Bertz CT molecular complexity index is 1210. The van der Waals surface area contributed by atoms with Gasteiger partial charge in [0.1, 0.15) is 18.0 Å². The van der Waals surface area contributed by atoms with Crippen LogP contribution in [-0.2, 0) is 19.1 Å². The first kappa shape index (κ1) is 29.8. The van der Waals surface area contributed by atoms with Gasteiger partial charge in [-0.1, -0.05) is 62.6 Å². The van der Waals surface area contributed by atoms with E-state index in [9.17, 15) is 14.4 Å². The molecule has 1 aromatic carbocycles. The van der Waals surface area contributed by atoms with Gasteiger partial charge in [0.2, 0.25) is 0 Å². The summed E-state index contributed by atoms with van der Waals surface area (Å²) in [6, 6.07) is 6.26. The van der Waals surface area contributed by atoms with Crippen molar-refractivity contribution in [1.82, 2.24) is 4.90 Å². The number of benzene rings is 1. The number of ether oxygens (including phenoxy) is 1. The number of hydrogen-bond acceptors (Lipinski definition) is 5. The first-order valence-electron chi connectivity index (χ1n) is 14.7. The summed E-state index contributed by atoms with van der Waals surface area (Å²) in [4.78, 5) is 44.1. The molecule has 4 rings (SSSR count). The summed E-state index contributed by atoms with van der Waals surface area (Å²) in [5.41, 5.74) is 3.99. The van der Waals surface area contributed by atoms with Crippen molar-refractivity contribution in [3.05, 3.63) is 58.7 Å². The van der Waals surface area contributed by atoms with Gasteiger partial charge in [-0.3, -0.25) is 14.6 Å². The van der Waals surface area contributed by atoms with Crippen LogP contribution in [0.5, 0.6) is 0 Å². The maximum absolute atomic E-state index is 14.0. The minimum absolute atomic E-state index is 0.0243. The van der Waals surface area contributed by atoms with Crippen molar-refractivity contribution in [1.29, 1.82) is 0 Å². The van der Waals surface area contributed by atoms with Gasteiger partial charge in [0.15, 0.2) is 0 Å². The van der Waals surface area contributed by atoms with Crippen molar-refractivity contribution in [2.24, 2.45) is 22.2 Å². The smallest absolute Gasteiger partial charge is 0.337 e. The van der Waals surface area contributed by atoms with E-state index in [0.29, 0.717) is 30.2 Å². The third-order valence-corrected chi connectivity index (χ3v) is 9.26. The number of aryl methyl sites for hydroxylation is 2. The highest BCUT2D eigenvalue weighted by Gasteiger charge is 2.50. The highest BCUT2D eigenvalue weighted by molar-refractivity contribution is 6.46. The molecule has 1 saturated carbocycles. The van der Waals surface area contributed by atoms with Crippen LogP contribution < -0.4 is 0 Å². The number of hydrogen-bond donors (Lipinski definition) is 1. The van der Waals surface area contributed by atoms with E-state index in [0.717, 1.165) is 55.2 Å². The van der Waals surface area contributed by atoms with Crippen molar-refractivity contribution < 1.29 is 24.2 Å². The van der Waals surface area contributed by atoms with Crippen molar-refractivity contribution in [3.63, 3.8) is 0 Å². The van der Waals surface area contributed by atoms with Crippen molar-refractivity contribution in [2.75, 3.05) is 13.2 Å². The van der Waals surface area contributed by atoms with Crippen LogP contribution in [0.15, 0.2) is 47.0 Å². The zero-order valence-electron chi connectivity index (χ0n) is 24.7. The molecule has 0 aromatic heterocycles. The molecule has 216 valence electrons. The SMILES string of the molecule is CCC(C)(C)C1CCC2(CC1)N=C(c1cc(C)cc(C)c1)C(=O)N2CCC1C=CC(C(=O)OCCC(=O)O)=CC1. The first-order valence-corrected chi connectivity index (χ1v) is 14.7. The second-order valence-electron chi connectivity index (χ2n) is 12.5. The summed E-state index contributed by atoms with van der Waals surface area (Å²) in [5, 5.41) is 8.74. The summed E-state index contributed by atoms with van der Waals surface area (Å²) in [7, 11) is 0. The number of carbonyl (C=O) groups is 3. The number of allylic oxidation sites excluding steroid dienone is 2. The Morgan fingerprint density at radius 3 is 2.40 bits per heavy atom. The molecule has 40 heavy (non-hydrogen) atoms. The van der Waals surface area contributed by atoms with Crippen LogP contribution in [0, 0.1) is 31.1 Å². The zero-order valence-corrected chi connectivity index (χ0v) is 24.7. The molecule has 1 heterocycles. The average Bonchev–Trinajstić information content (AvgIpc) is 3.17. The summed E-state index contributed by atoms with van der Waals surface area (Å²) >= 11 is 0. The van der Waals surface area contributed by atoms with Crippen LogP contribution in [0.1, 0.15) is 88.8 Å². The minimum Gasteiger partial charge on any atom is -0.481 e. The van der Waals surface area contributed by atoms with Gasteiger partial charge in [0, 0.05) is 12.1 Å². The topological polar surface area (TPSA) is 96.3 Å². The molecule has 0 bridgehead atoms. The largest absolute Gasteiger partial charge is 0.481 e. The fourth-order valence-corrected chi connectivity index (χ4v) is 6.41. The second-order valence-corrected chi connectivity index (χ2v) is 12.5. The molecule has 7 heteroatoms.